The molecule has 1 aromatic heterocycles. The van der Waals surface area contributed by atoms with Gasteiger partial charge in [-0.1, -0.05) is 19.1 Å². The third-order valence-electron chi connectivity index (χ3n) is 2.57. The SMILES string of the molecule is CC(C)c1cn(C2CCC2)nn1. The van der Waals surface area contributed by atoms with E-state index in [1.165, 1.54) is 19.3 Å². The molecule has 1 aliphatic rings. The summed E-state index contributed by atoms with van der Waals surface area (Å²) in [7, 11) is 0. The molecule has 0 spiro atoms. The molecule has 1 saturated carbocycles. The van der Waals surface area contributed by atoms with E-state index in [2.05, 4.69) is 30.4 Å². The minimum atomic E-state index is 0.499. The van der Waals surface area contributed by atoms with Gasteiger partial charge in [0, 0.05) is 6.20 Å². The van der Waals surface area contributed by atoms with E-state index < -0.39 is 0 Å². The number of rotatable bonds is 2. The first-order valence-corrected chi connectivity index (χ1v) is 4.69. The van der Waals surface area contributed by atoms with Crippen LogP contribution < -0.4 is 0 Å². The summed E-state index contributed by atoms with van der Waals surface area (Å²) in [5, 5.41) is 8.26. The lowest BCUT2D eigenvalue weighted by Crippen LogP contribution is -2.17. The van der Waals surface area contributed by atoms with Crippen molar-refractivity contribution in [1.29, 1.82) is 0 Å². The van der Waals surface area contributed by atoms with E-state index in [-0.39, 0.29) is 0 Å². The molecule has 0 bridgehead atoms. The van der Waals surface area contributed by atoms with Crippen LogP contribution in [0.2, 0.25) is 0 Å². The van der Waals surface area contributed by atoms with Crippen molar-refractivity contribution in [3.8, 4) is 0 Å². The van der Waals surface area contributed by atoms with Gasteiger partial charge in [-0.25, -0.2) is 4.68 Å². The lowest BCUT2D eigenvalue weighted by atomic mass is 9.93. The Morgan fingerprint density at radius 1 is 1.50 bits per heavy atom. The molecule has 3 heteroatoms. The highest BCUT2D eigenvalue weighted by molar-refractivity contribution is 4.99. The van der Waals surface area contributed by atoms with E-state index in [0.29, 0.717) is 12.0 Å². The normalized spacial score (nSPS) is 18.2. The molecule has 1 aromatic rings. The smallest absolute Gasteiger partial charge is 0.0852 e. The van der Waals surface area contributed by atoms with Crippen LogP contribution in [0, 0.1) is 0 Å². The highest BCUT2D eigenvalue weighted by Crippen LogP contribution is 2.30. The third kappa shape index (κ3) is 1.24. The van der Waals surface area contributed by atoms with E-state index in [1.54, 1.807) is 0 Å². The molecule has 0 N–H and O–H groups in total. The topological polar surface area (TPSA) is 30.7 Å². The second-order valence-electron chi connectivity index (χ2n) is 3.86. The fraction of sp³-hybridized carbons (Fsp3) is 0.778. The van der Waals surface area contributed by atoms with Crippen LogP contribution in [0.1, 0.15) is 50.8 Å². The van der Waals surface area contributed by atoms with Gasteiger partial charge in [-0.2, -0.15) is 0 Å². The molecule has 12 heavy (non-hydrogen) atoms. The van der Waals surface area contributed by atoms with Crippen LogP contribution in [0.4, 0.5) is 0 Å². The van der Waals surface area contributed by atoms with Gasteiger partial charge in [0.25, 0.3) is 0 Å². The van der Waals surface area contributed by atoms with Crippen molar-refractivity contribution in [1.82, 2.24) is 15.0 Å². The number of hydrogen-bond donors (Lipinski definition) is 0. The first-order chi connectivity index (χ1) is 5.77. The van der Waals surface area contributed by atoms with Crippen LogP contribution in [0.25, 0.3) is 0 Å². The minimum Gasteiger partial charge on any atom is -0.249 e. The summed E-state index contributed by atoms with van der Waals surface area (Å²) in [6.07, 6.45) is 6.00. The fourth-order valence-electron chi connectivity index (χ4n) is 1.38. The van der Waals surface area contributed by atoms with Gasteiger partial charge in [0.15, 0.2) is 0 Å². The average molecular weight is 165 g/mol. The maximum absolute atomic E-state index is 4.13. The highest BCUT2D eigenvalue weighted by Gasteiger charge is 2.20. The first-order valence-electron chi connectivity index (χ1n) is 4.69. The lowest BCUT2D eigenvalue weighted by molar-refractivity contribution is 0.284. The van der Waals surface area contributed by atoms with E-state index in [9.17, 15) is 0 Å². The molecule has 0 amide bonds. The van der Waals surface area contributed by atoms with Crippen LogP contribution >= 0.6 is 0 Å². The fourth-order valence-corrected chi connectivity index (χ4v) is 1.38. The predicted molar refractivity (Wildman–Crippen MR) is 47.0 cm³/mol. The number of nitrogens with zero attached hydrogens (tertiary/aromatic N) is 3. The van der Waals surface area contributed by atoms with Gasteiger partial charge < -0.3 is 0 Å². The Bertz CT molecular complexity index is 260. The summed E-state index contributed by atoms with van der Waals surface area (Å²) < 4.78 is 2.03. The van der Waals surface area contributed by atoms with Gasteiger partial charge in [-0.05, 0) is 25.2 Å². The first kappa shape index (κ1) is 7.77. The zero-order chi connectivity index (χ0) is 8.55. The summed E-state index contributed by atoms with van der Waals surface area (Å²) in [6.45, 7) is 4.30. The van der Waals surface area contributed by atoms with Crippen molar-refractivity contribution in [3.05, 3.63) is 11.9 Å². The molecule has 1 heterocycles. The Morgan fingerprint density at radius 3 is 2.67 bits per heavy atom. The molecule has 0 radical (unpaired) electrons. The summed E-state index contributed by atoms with van der Waals surface area (Å²) in [5.74, 6) is 0.499. The van der Waals surface area contributed by atoms with Gasteiger partial charge in [-0.3, -0.25) is 0 Å². The second kappa shape index (κ2) is 2.88. The van der Waals surface area contributed by atoms with Crippen LogP contribution in [-0.2, 0) is 0 Å². The summed E-state index contributed by atoms with van der Waals surface area (Å²) in [5.41, 5.74) is 1.11. The molecular weight excluding hydrogens is 150 g/mol. The molecule has 1 fully saturated rings. The molecule has 0 unspecified atom stereocenters. The van der Waals surface area contributed by atoms with E-state index in [0.717, 1.165) is 5.69 Å². The van der Waals surface area contributed by atoms with Crippen molar-refractivity contribution in [3.63, 3.8) is 0 Å². The second-order valence-corrected chi connectivity index (χ2v) is 3.86. The Hall–Kier alpha value is -0.860. The van der Waals surface area contributed by atoms with E-state index in [4.69, 9.17) is 0 Å². The van der Waals surface area contributed by atoms with Gasteiger partial charge in [0.2, 0.25) is 0 Å². The molecule has 0 aromatic carbocycles. The average Bonchev–Trinajstić information content (AvgIpc) is 2.32. The summed E-state index contributed by atoms with van der Waals surface area (Å²) >= 11 is 0. The van der Waals surface area contributed by atoms with Crippen molar-refractivity contribution in [2.75, 3.05) is 0 Å². The van der Waals surface area contributed by atoms with Crippen LogP contribution in [0.15, 0.2) is 6.20 Å². The lowest BCUT2D eigenvalue weighted by Gasteiger charge is -2.24. The molecule has 0 atom stereocenters. The largest absolute Gasteiger partial charge is 0.249 e. The number of hydrogen-bond acceptors (Lipinski definition) is 2. The molecule has 1 aliphatic carbocycles. The van der Waals surface area contributed by atoms with Gasteiger partial charge in [0.1, 0.15) is 0 Å². The highest BCUT2D eigenvalue weighted by atomic mass is 15.4. The quantitative estimate of drug-likeness (QED) is 0.672. The Labute approximate surface area is 72.8 Å². The van der Waals surface area contributed by atoms with Crippen molar-refractivity contribution >= 4 is 0 Å². The van der Waals surface area contributed by atoms with Gasteiger partial charge >= 0.3 is 0 Å². The summed E-state index contributed by atoms with van der Waals surface area (Å²) in [6, 6.07) is 0.644. The van der Waals surface area contributed by atoms with Crippen molar-refractivity contribution in [2.45, 2.75) is 45.1 Å². The predicted octanol–water partition coefficient (Wildman–Crippen LogP) is 2.13. The Morgan fingerprint density at radius 2 is 2.25 bits per heavy atom. The maximum Gasteiger partial charge on any atom is 0.0852 e. The molecule has 3 nitrogen and oxygen atoms in total. The van der Waals surface area contributed by atoms with Crippen LogP contribution in [0.5, 0.6) is 0 Å². The zero-order valence-corrected chi connectivity index (χ0v) is 7.70. The van der Waals surface area contributed by atoms with Gasteiger partial charge in [-0.15, -0.1) is 5.10 Å². The molecule has 0 saturated heterocycles. The van der Waals surface area contributed by atoms with Crippen LogP contribution in [0.3, 0.4) is 0 Å². The summed E-state index contributed by atoms with van der Waals surface area (Å²) in [4.78, 5) is 0. The number of aromatic nitrogens is 3. The molecule has 2 rings (SSSR count). The van der Waals surface area contributed by atoms with Crippen molar-refractivity contribution in [2.24, 2.45) is 0 Å². The zero-order valence-electron chi connectivity index (χ0n) is 7.70. The Kier molecular flexibility index (Phi) is 1.87. The van der Waals surface area contributed by atoms with Crippen LogP contribution in [-0.4, -0.2) is 15.0 Å². The van der Waals surface area contributed by atoms with Crippen molar-refractivity contribution < 1.29 is 0 Å². The molecular formula is C9H15N3. The maximum atomic E-state index is 4.13. The van der Waals surface area contributed by atoms with E-state index >= 15 is 0 Å². The molecule has 66 valence electrons. The minimum absolute atomic E-state index is 0.499. The standard InChI is InChI=1S/C9H15N3/c1-7(2)9-6-12(11-10-9)8-4-3-5-8/h6-8H,3-5H2,1-2H3. The molecule has 0 aliphatic heterocycles. The third-order valence-corrected chi connectivity index (χ3v) is 2.57. The monoisotopic (exact) mass is 165 g/mol. The Balaban J connectivity index is 2.12. The van der Waals surface area contributed by atoms with E-state index in [1.807, 2.05) is 4.68 Å². The van der Waals surface area contributed by atoms with Gasteiger partial charge in [0.05, 0.1) is 11.7 Å².